The van der Waals surface area contributed by atoms with E-state index in [1.807, 2.05) is 7.05 Å². The van der Waals surface area contributed by atoms with Crippen LogP contribution in [-0.4, -0.2) is 56.4 Å². The van der Waals surface area contributed by atoms with E-state index in [9.17, 15) is 0 Å². The van der Waals surface area contributed by atoms with Gasteiger partial charge in [0.05, 0.1) is 45.6 Å². The molecule has 0 aromatic carbocycles. The number of hydrogen-bond acceptors (Lipinski definition) is 2. The van der Waals surface area contributed by atoms with Crippen molar-refractivity contribution in [1.29, 1.82) is 5.41 Å². The molecule has 0 aliphatic rings. The lowest BCUT2D eigenvalue weighted by molar-refractivity contribution is -0.869. The maximum atomic E-state index is 8.31. The van der Waals surface area contributed by atoms with Crippen molar-refractivity contribution in [3.63, 3.8) is 0 Å². The first-order valence-electron chi connectivity index (χ1n) is 7.21. The second kappa shape index (κ2) is 8.16. The van der Waals surface area contributed by atoms with E-state index in [2.05, 4.69) is 52.5 Å². The first kappa shape index (κ1) is 17.9. The van der Waals surface area contributed by atoms with Gasteiger partial charge in [-0.15, -0.1) is 0 Å². The summed E-state index contributed by atoms with van der Waals surface area (Å²) < 4.78 is 0.928. The SMILES string of the molecule is C=C(C(=N)/C(=C/CC)CCC)N(C)CC[N+](C)(C)C. The smallest absolute Gasteiger partial charge is 0.0958 e. The quantitative estimate of drug-likeness (QED) is 0.503. The molecule has 0 saturated heterocycles. The third-order valence-corrected chi connectivity index (χ3v) is 3.15. The summed E-state index contributed by atoms with van der Waals surface area (Å²) in [5.74, 6) is 0. The van der Waals surface area contributed by atoms with Gasteiger partial charge in [0.25, 0.3) is 0 Å². The van der Waals surface area contributed by atoms with Gasteiger partial charge in [-0.25, -0.2) is 0 Å². The average molecular weight is 266 g/mol. The number of nitrogens with zero attached hydrogens (tertiary/aromatic N) is 2. The molecule has 3 nitrogen and oxygen atoms in total. The highest BCUT2D eigenvalue weighted by Gasteiger charge is 2.15. The van der Waals surface area contributed by atoms with Crippen molar-refractivity contribution < 1.29 is 4.48 Å². The van der Waals surface area contributed by atoms with Crippen LogP contribution in [0.4, 0.5) is 0 Å². The summed E-state index contributed by atoms with van der Waals surface area (Å²) in [5.41, 5.74) is 2.57. The van der Waals surface area contributed by atoms with Crippen LogP contribution >= 0.6 is 0 Å². The zero-order valence-electron chi connectivity index (χ0n) is 13.7. The summed E-state index contributed by atoms with van der Waals surface area (Å²) in [4.78, 5) is 2.10. The molecule has 0 aromatic rings. The fourth-order valence-electron chi connectivity index (χ4n) is 1.81. The van der Waals surface area contributed by atoms with E-state index in [4.69, 9.17) is 5.41 Å². The molecule has 0 aliphatic carbocycles. The number of nitrogens with one attached hydrogen (secondary N) is 1. The topological polar surface area (TPSA) is 27.1 Å². The molecule has 0 fully saturated rings. The van der Waals surface area contributed by atoms with E-state index in [0.717, 1.165) is 48.1 Å². The van der Waals surface area contributed by atoms with Gasteiger partial charge < -0.3 is 9.38 Å². The molecule has 19 heavy (non-hydrogen) atoms. The summed E-state index contributed by atoms with van der Waals surface area (Å²) in [6, 6.07) is 0. The number of hydrogen-bond donors (Lipinski definition) is 1. The third-order valence-electron chi connectivity index (χ3n) is 3.15. The molecule has 0 heterocycles. The number of likely N-dealkylation sites (N-methyl/N-ethyl adjacent to an activating group) is 2. The predicted octanol–water partition coefficient (Wildman–Crippen LogP) is 3.29. The standard InChI is InChI=1S/C16H32N3/c1-8-10-15(11-9-2)16(17)14(3)18(4)12-13-19(5,6)7/h10,17H,3,8-9,11-13H2,1-2,4-7H3/q+1/b15-10+,17-16?. The zero-order chi connectivity index (χ0) is 15.1. The van der Waals surface area contributed by atoms with Crippen molar-refractivity contribution in [3.05, 3.63) is 23.9 Å². The second-order valence-electron chi connectivity index (χ2n) is 6.14. The summed E-state index contributed by atoms with van der Waals surface area (Å²) in [6.45, 7) is 10.3. The van der Waals surface area contributed by atoms with E-state index in [1.165, 1.54) is 0 Å². The zero-order valence-corrected chi connectivity index (χ0v) is 13.7. The first-order valence-corrected chi connectivity index (χ1v) is 7.21. The minimum absolute atomic E-state index is 0.604. The van der Waals surface area contributed by atoms with Crippen molar-refractivity contribution in [2.75, 3.05) is 41.3 Å². The van der Waals surface area contributed by atoms with Crippen LogP contribution in [0.5, 0.6) is 0 Å². The highest BCUT2D eigenvalue weighted by molar-refractivity contribution is 6.09. The highest BCUT2D eigenvalue weighted by Crippen LogP contribution is 2.14. The largest absolute Gasteiger partial charge is 0.368 e. The normalized spacial score (nSPS) is 12.4. The van der Waals surface area contributed by atoms with Gasteiger partial charge in [-0.1, -0.05) is 32.9 Å². The lowest BCUT2D eigenvalue weighted by atomic mass is 10.0. The molecule has 110 valence electrons. The molecular weight excluding hydrogens is 234 g/mol. The van der Waals surface area contributed by atoms with Crippen LogP contribution in [0.15, 0.2) is 23.9 Å². The van der Waals surface area contributed by atoms with Crippen molar-refractivity contribution in [3.8, 4) is 0 Å². The van der Waals surface area contributed by atoms with E-state index in [-0.39, 0.29) is 0 Å². The molecule has 0 spiro atoms. The molecule has 1 N–H and O–H groups in total. The van der Waals surface area contributed by atoms with Crippen LogP contribution in [0, 0.1) is 5.41 Å². The molecule has 0 saturated carbocycles. The van der Waals surface area contributed by atoms with Crippen LogP contribution in [-0.2, 0) is 0 Å². The predicted molar refractivity (Wildman–Crippen MR) is 85.7 cm³/mol. The fraction of sp³-hybridized carbons (Fsp3) is 0.688. The van der Waals surface area contributed by atoms with Crippen LogP contribution in [0.3, 0.4) is 0 Å². The molecule has 0 radical (unpaired) electrons. The maximum absolute atomic E-state index is 8.31. The molecule has 0 unspecified atom stereocenters. The van der Waals surface area contributed by atoms with Crippen LogP contribution < -0.4 is 0 Å². The summed E-state index contributed by atoms with van der Waals surface area (Å²) in [7, 11) is 8.58. The average Bonchev–Trinajstić information content (AvgIpc) is 2.33. The second-order valence-corrected chi connectivity index (χ2v) is 6.14. The van der Waals surface area contributed by atoms with E-state index in [0.29, 0.717) is 5.71 Å². The maximum Gasteiger partial charge on any atom is 0.0958 e. The van der Waals surface area contributed by atoms with Gasteiger partial charge in [0.15, 0.2) is 0 Å². The Hall–Kier alpha value is -1.09. The van der Waals surface area contributed by atoms with Gasteiger partial charge in [0.1, 0.15) is 0 Å². The molecule has 0 amide bonds. The molecule has 0 rings (SSSR count). The van der Waals surface area contributed by atoms with Crippen LogP contribution in [0.25, 0.3) is 0 Å². The summed E-state index contributed by atoms with van der Waals surface area (Å²) >= 11 is 0. The first-order chi connectivity index (χ1) is 8.72. The Labute approximate surface area is 119 Å². The van der Waals surface area contributed by atoms with Crippen molar-refractivity contribution in [1.82, 2.24) is 4.90 Å². The van der Waals surface area contributed by atoms with Gasteiger partial charge in [-0.2, -0.15) is 0 Å². The highest BCUT2D eigenvalue weighted by atomic mass is 15.3. The van der Waals surface area contributed by atoms with Gasteiger partial charge in [0, 0.05) is 7.05 Å². The molecule has 3 heteroatoms. The van der Waals surface area contributed by atoms with E-state index >= 15 is 0 Å². The van der Waals surface area contributed by atoms with E-state index < -0.39 is 0 Å². The molecule has 0 aliphatic heterocycles. The Kier molecular flexibility index (Phi) is 7.69. The minimum atomic E-state index is 0.604. The Morgan fingerprint density at radius 2 is 1.84 bits per heavy atom. The van der Waals surface area contributed by atoms with Crippen LogP contribution in [0.1, 0.15) is 33.1 Å². The van der Waals surface area contributed by atoms with Crippen molar-refractivity contribution in [2.24, 2.45) is 0 Å². The third kappa shape index (κ3) is 7.16. The van der Waals surface area contributed by atoms with Gasteiger partial charge >= 0.3 is 0 Å². The Morgan fingerprint density at radius 3 is 2.26 bits per heavy atom. The number of rotatable bonds is 9. The summed E-state index contributed by atoms with van der Waals surface area (Å²) in [5, 5.41) is 8.31. The summed E-state index contributed by atoms with van der Waals surface area (Å²) in [6.07, 6.45) is 5.18. The Morgan fingerprint density at radius 1 is 1.26 bits per heavy atom. The van der Waals surface area contributed by atoms with Crippen LogP contribution in [0.2, 0.25) is 0 Å². The number of allylic oxidation sites excluding steroid dienone is 2. The Bertz CT molecular complexity index is 334. The molecule has 0 atom stereocenters. The van der Waals surface area contributed by atoms with Gasteiger partial charge in [-0.3, -0.25) is 5.41 Å². The van der Waals surface area contributed by atoms with Gasteiger partial charge in [0.2, 0.25) is 0 Å². The number of quaternary nitrogens is 1. The van der Waals surface area contributed by atoms with Crippen molar-refractivity contribution in [2.45, 2.75) is 33.1 Å². The molecule has 0 aromatic heterocycles. The minimum Gasteiger partial charge on any atom is -0.368 e. The lowest BCUT2D eigenvalue weighted by Crippen LogP contribution is -2.41. The fourth-order valence-corrected chi connectivity index (χ4v) is 1.81. The van der Waals surface area contributed by atoms with E-state index in [1.54, 1.807) is 0 Å². The Balaban J connectivity index is 4.62. The monoisotopic (exact) mass is 266 g/mol. The van der Waals surface area contributed by atoms with Crippen molar-refractivity contribution >= 4 is 5.71 Å². The molecule has 0 bridgehead atoms. The molecular formula is C16H32N3+. The lowest BCUT2D eigenvalue weighted by Gasteiger charge is -2.29. The van der Waals surface area contributed by atoms with Gasteiger partial charge in [-0.05, 0) is 18.4 Å².